The third-order valence-electron chi connectivity index (χ3n) is 4.73. The summed E-state index contributed by atoms with van der Waals surface area (Å²) in [6, 6.07) is 23.5. The van der Waals surface area contributed by atoms with Gasteiger partial charge in [-0.05, 0) is 60.1 Å². The Labute approximate surface area is 185 Å². The number of para-hydroxylation sites is 1. The van der Waals surface area contributed by atoms with Crippen LogP contribution in [0.5, 0.6) is 0 Å². The summed E-state index contributed by atoms with van der Waals surface area (Å²) in [7, 11) is 0. The molecule has 2 N–H and O–H groups in total. The summed E-state index contributed by atoms with van der Waals surface area (Å²) in [6.07, 6.45) is 0. The van der Waals surface area contributed by atoms with Crippen molar-refractivity contribution in [3.8, 4) is 10.6 Å². The van der Waals surface area contributed by atoms with Crippen molar-refractivity contribution in [1.82, 2.24) is 10.3 Å². The predicted octanol–water partition coefficient (Wildman–Crippen LogP) is 6.21. The highest BCUT2D eigenvalue weighted by Gasteiger charge is 2.10. The molecule has 0 saturated heterocycles. The number of fused-ring (bicyclic) bond motifs is 1. The second-order valence-electron chi connectivity index (χ2n) is 7.25. The number of amides is 1. The van der Waals surface area contributed by atoms with Crippen molar-refractivity contribution in [1.29, 1.82) is 0 Å². The van der Waals surface area contributed by atoms with Crippen molar-refractivity contribution in [2.75, 3.05) is 5.32 Å². The molecule has 0 unspecified atom stereocenters. The molecule has 0 saturated carbocycles. The summed E-state index contributed by atoms with van der Waals surface area (Å²) in [5.41, 5.74) is 4.56. The lowest BCUT2D eigenvalue weighted by atomic mass is 10.0. The maximum absolute atomic E-state index is 12.5. The highest BCUT2D eigenvalue weighted by Crippen LogP contribution is 2.31. The zero-order valence-electron chi connectivity index (χ0n) is 16.7. The smallest absolute Gasteiger partial charge is 0.257 e. The first-order valence-electron chi connectivity index (χ1n) is 9.68. The fourth-order valence-corrected chi connectivity index (χ4v) is 4.26. The van der Waals surface area contributed by atoms with Gasteiger partial charge in [0.2, 0.25) is 0 Å². The number of nitrogens with one attached hydrogen (secondary N) is 2. The van der Waals surface area contributed by atoms with E-state index < -0.39 is 0 Å². The van der Waals surface area contributed by atoms with E-state index in [-0.39, 0.29) is 11.0 Å². The van der Waals surface area contributed by atoms with Crippen LogP contribution >= 0.6 is 23.6 Å². The minimum atomic E-state index is -0.231. The molecule has 150 valence electrons. The first-order valence-corrected chi connectivity index (χ1v) is 10.9. The summed E-state index contributed by atoms with van der Waals surface area (Å²) in [5.74, 6) is 0.192. The van der Waals surface area contributed by atoms with Gasteiger partial charge < -0.3 is 5.32 Å². The van der Waals surface area contributed by atoms with Crippen molar-refractivity contribution < 1.29 is 4.79 Å². The van der Waals surface area contributed by atoms with Gasteiger partial charge in [0.1, 0.15) is 5.01 Å². The molecule has 0 bridgehead atoms. The van der Waals surface area contributed by atoms with Crippen LogP contribution in [0.25, 0.3) is 20.8 Å². The second kappa shape index (κ2) is 8.73. The van der Waals surface area contributed by atoms with Crippen LogP contribution < -0.4 is 10.6 Å². The zero-order chi connectivity index (χ0) is 21.1. The Morgan fingerprint density at radius 1 is 1.00 bits per heavy atom. The van der Waals surface area contributed by atoms with Crippen LogP contribution in [0.1, 0.15) is 35.7 Å². The maximum atomic E-state index is 12.5. The van der Waals surface area contributed by atoms with Gasteiger partial charge in [-0.15, -0.1) is 11.3 Å². The number of anilines is 1. The molecule has 4 nitrogen and oxygen atoms in total. The van der Waals surface area contributed by atoms with Crippen molar-refractivity contribution in [2.24, 2.45) is 0 Å². The van der Waals surface area contributed by atoms with Gasteiger partial charge in [-0.25, -0.2) is 4.98 Å². The first-order chi connectivity index (χ1) is 14.5. The Hall–Kier alpha value is -3.09. The SMILES string of the molecule is CC(C)c1ccc(C(=O)NC(=S)Nc2cccc(-c3nc4ccccc4s3)c2)cc1. The Kier molecular flexibility index (Phi) is 5.88. The third kappa shape index (κ3) is 4.56. The molecule has 6 heteroatoms. The Morgan fingerprint density at radius 2 is 1.77 bits per heavy atom. The quantitative estimate of drug-likeness (QED) is 0.377. The van der Waals surface area contributed by atoms with E-state index >= 15 is 0 Å². The number of hydrogen-bond acceptors (Lipinski definition) is 4. The number of rotatable bonds is 4. The number of hydrogen-bond donors (Lipinski definition) is 2. The summed E-state index contributed by atoms with van der Waals surface area (Å²) in [4.78, 5) is 17.2. The topological polar surface area (TPSA) is 54.0 Å². The molecule has 0 atom stereocenters. The molecule has 0 aliphatic carbocycles. The molecule has 4 aromatic rings. The van der Waals surface area contributed by atoms with E-state index in [9.17, 15) is 4.79 Å². The van der Waals surface area contributed by atoms with Crippen molar-refractivity contribution in [2.45, 2.75) is 19.8 Å². The van der Waals surface area contributed by atoms with Gasteiger partial charge in [-0.3, -0.25) is 10.1 Å². The number of thiazole rings is 1. The standard InChI is InChI=1S/C24H21N3OS2/c1-15(2)16-10-12-17(13-11-16)22(28)27-24(29)25-19-7-5-6-18(14-19)23-26-20-8-3-4-9-21(20)30-23/h3-15H,1-2H3,(H2,25,27,28,29). The molecular weight excluding hydrogens is 410 g/mol. The number of benzene rings is 3. The van der Waals surface area contributed by atoms with Crippen molar-refractivity contribution in [3.63, 3.8) is 0 Å². The number of carbonyl (C=O) groups is 1. The molecule has 0 radical (unpaired) electrons. The third-order valence-corrected chi connectivity index (χ3v) is 6.02. The lowest BCUT2D eigenvalue weighted by Crippen LogP contribution is -2.34. The van der Waals surface area contributed by atoms with Gasteiger partial charge in [0, 0.05) is 16.8 Å². The van der Waals surface area contributed by atoms with Crippen molar-refractivity contribution in [3.05, 3.63) is 83.9 Å². The van der Waals surface area contributed by atoms with Crippen LogP contribution in [0.2, 0.25) is 0 Å². The zero-order valence-corrected chi connectivity index (χ0v) is 18.3. The summed E-state index contributed by atoms with van der Waals surface area (Å²) in [5, 5.41) is 7.04. The fraction of sp³-hybridized carbons (Fsp3) is 0.125. The lowest BCUT2D eigenvalue weighted by Gasteiger charge is -2.11. The second-order valence-corrected chi connectivity index (χ2v) is 8.69. The Morgan fingerprint density at radius 3 is 2.50 bits per heavy atom. The van der Waals surface area contributed by atoms with Gasteiger partial charge in [0.05, 0.1) is 10.2 Å². The predicted molar refractivity (Wildman–Crippen MR) is 129 cm³/mol. The lowest BCUT2D eigenvalue weighted by molar-refractivity contribution is 0.0977. The van der Waals surface area contributed by atoms with Crippen LogP contribution in [-0.2, 0) is 0 Å². The van der Waals surface area contributed by atoms with E-state index in [1.165, 1.54) is 5.56 Å². The van der Waals surface area contributed by atoms with Gasteiger partial charge >= 0.3 is 0 Å². The summed E-state index contributed by atoms with van der Waals surface area (Å²) >= 11 is 6.98. The molecule has 30 heavy (non-hydrogen) atoms. The van der Waals surface area contributed by atoms with Gasteiger partial charge in [0.15, 0.2) is 5.11 Å². The minimum absolute atomic E-state index is 0.231. The minimum Gasteiger partial charge on any atom is -0.332 e. The van der Waals surface area contributed by atoms with Crippen molar-refractivity contribution >= 4 is 50.5 Å². The number of carbonyl (C=O) groups excluding carboxylic acids is 1. The van der Waals surface area contributed by atoms with Crippen LogP contribution in [-0.4, -0.2) is 16.0 Å². The van der Waals surface area contributed by atoms with Crippen LogP contribution in [0.3, 0.4) is 0 Å². The highest BCUT2D eigenvalue weighted by atomic mass is 32.1. The van der Waals surface area contributed by atoms with E-state index in [0.717, 1.165) is 26.5 Å². The normalized spacial score (nSPS) is 10.9. The largest absolute Gasteiger partial charge is 0.332 e. The maximum Gasteiger partial charge on any atom is 0.257 e. The molecular formula is C24H21N3OS2. The van der Waals surface area contributed by atoms with Crippen LogP contribution in [0.4, 0.5) is 5.69 Å². The Balaban J connectivity index is 1.44. The molecule has 0 aliphatic heterocycles. The average Bonchev–Trinajstić information content (AvgIpc) is 3.18. The number of aromatic nitrogens is 1. The first kappa shape index (κ1) is 20.2. The molecule has 1 amide bonds. The summed E-state index contributed by atoms with van der Waals surface area (Å²) < 4.78 is 1.15. The van der Waals surface area contributed by atoms with E-state index in [2.05, 4.69) is 30.5 Å². The molecule has 0 aliphatic rings. The monoisotopic (exact) mass is 431 g/mol. The average molecular weight is 432 g/mol. The molecule has 0 spiro atoms. The van der Waals surface area contributed by atoms with E-state index in [4.69, 9.17) is 17.2 Å². The van der Waals surface area contributed by atoms with Crippen LogP contribution in [0.15, 0.2) is 72.8 Å². The van der Waals surface area contributed by atoms with Gasteiger partial charge in [0.25, 0.3) is 5.91 Å². The van der Waals surface area contributed by atoms with Gasteiger partial charge in [-0.1, -0.05) is 50.2 Å². The van der Waals surface area contributed by atoms with Gasteiger partial charge in [-0.2, -0.15) is 0 Å². The molecule has 0 fully saturated rings. The van der Waals surface area contributed by atoms with Crippen LogP contribution in [0, 0.1) is 0 Å². The summed E-state index contributed by atoms with van der Waals surface area (Å²) in [6.45, 7) is 4.24. The van der Waals surface area contributed by atoms with E-state index in [1.54, 1.807) is 11.3 Å². The van der Waals surface area contributed by atoms with E-state index in [0.29, 0.717) is 11.5 Å². The highest BCUT2D eigenvalue weighted by molar-refractivity contribution is 7.80. The molecule has 1 heterocycles. The molecule has 1 aromatic heterocycles. The number of nitrogens with zero attached hydrogens (tertiary/aromatic N) is 1. The Bertz CT molecular complexity index is 1180. The molecule has 3 aromatic carbocycles. The fourth-order valence-electron chi connectivity index (χ4n) is 3.08. The number of thiocarbonyl (C=S) groups is 1. The van der Waals surface area contributed by atoms with E-state index in [1.807, 2.05) is 66.7 Å². The molecule has 4 rings (SSSR count).